The van der Waals surface area contributed by atoms with Crippen molar-refractivity contribution in [3.8, 4) is 0 Å². The highest BCUT2D eigenvalue weighted by Crippen LogP contribution is 2.19. The molecule has 44 heavy (non-hydrogen) atoms. The van der Waals surface area contributed by atoms with Gasteiger partial charge in [-0.25, -0.2) is 9.78 Å². The molecule has 5 unspecified atom stereocenters. The van der Waals surface area contributed by atoms with Gasteiger partial charge in [0.15, 0.2) is 5.96 Å². The molecule has 2 aromatic heterocycles. The molecule has 3 amide bonds. The Morgan fingerprint density at radius 2 is 1.70 bits per heavy atom. The molecule has 0 bridgehead atoms. The van der Waals surface area contributed by atoms with Gasteiger partial charge in [0.25, 0.3) is 0 Å². The lowest BCUT2D eigenvalue weighted by Gasteiger charge is -2.26. The number of aliphatic carboxylic acids is 1. The molecule has 3 aromatic rings. The zero-order valence-electron chi connectivity index (χ0n) is 24.9. The van der Waals surface area contributed by atoms with Crippen molar-refractivity contribution in [1.82, 2.24) is 30.9 Å². The summed E-state index contributed by atoms with van der Waals surface area (Å²) in [6.45, 7) is 3.73. The number of fused-ring (bicyclic) bond motifs is 1. The number of aliphatic imine (C=N–C) groups is 1. The maximum atomic E-state index is 13.6. The molecule has 0 aliphatic heterocycles. The summed E-state index contributed by atoms with van der Waals surface area (Å²) >= 11 is 0. The summed E-state index contributed by atoms with van der Waals surface area (Å²) in [7, 11) is 0. The van der Waals surface area contributed by atoms with E-state index in [-0.39, 0.29) is 37.7 Å². The Morgan fingerprint density at radius 1 is 1.00 bits per heavy atom. The Bertz CT molecular complexity index is 1430. The van der Waals surface area contributed by atoms with Gasteiger partial charge >= 0.3 is 5.97 Å². The van der Waals surface area contributed by atoms with Gasteiger partial charge in [-0.15, -0.1) is 0 Å². The van der Waals surface area contributed by atoms with Crippen molar-refractivity contribution in [2.75, 3.05) is 6.54 Å². The van der Waals surface area contributed by atoms with Crippen molar-refractivity contribution in [3.63, 3.8) is 0 Å². The van der Waals surface area contributed by atoms with Crippen LogP contribution in [-0.4, -0.2) is 80.4 Å². The maximum Gasteiger partial charge on any atom is 0.326 e. The van der Waals surface area contributed by atoms with Crippen molar-refractivity contribution in [2.45, 2.75) is 70.1 Å². The first kappa shape index (κ1) is 33.6. The fourth-order valence-electron chi connectivity index (χ4n) is 4.72. The van der Waals surface area contributed by atoms with E-state index in [0.29, 0.717) is 18.5 Å². The first-order valence-corrected chi connectivity index (χ1v) is 14.5. The summed E-state index contributed by atoms with van der Waals surface area (Å²) in [6.07, 6.45) is 5.91. The second kappa shape index (κ2) is 16.1. The predicted octanol–water partition coefficient (Wildman–Crippen LogP) is -0.358. The Hall–Kier alpha value is -4.92. The molecule has 2 heterocycles. The monoisotopic (exact) mass is 610 g/mol. The second-order valence-electron chi connectivity index (χ2n) is 10.7. The van der Waals surface area contributed by atoms with E-state index in [9.17, 15) is 24.3 Å². The van der Waals surface area contributed by atoms with E-state index < -0.39 is 47.9 Å². The number of hydrogen-bond acceptors (Lipinski definition) is 7. The molecule has 0 fully saturated rings. The molecule has 1 aromatic carbocycles. The number of nitrogens with two attached hydrogens (primary N) is 3. The molecule has 3 rings (SSSR count). The van der Waals surface area contributed by atoms with Crippen LogP contribution in [0.15, 0.2) is 48.0 Å². The third kappa shape index (κ3) is 9.55. The zero-order chi connectivity index (χ0) is 32.2. The van der Waals surface area contributed by atoms with E-state index in [2.05, 4.69) is 35.9 Å². The third-order valence-electron chi connectivity index (χ3n) is 7.42. The number of amides is 3. The lowest BCUT2D eigenvalue weighted by Crippen LogP contribution is -2.58. The Kier molecular flexibility index (Phi) is 12.3. The molecule has 15 nitrogen and oxygen atoms in total. The number of benzene rings is 1. The molecule has 15 heteroatoms. The summed E-state index contributed by atoms with van der Waals surface area (Å²) in [5.74, 6) is -3.56. The van der Waals surface area contributed by atoms with Gasteiger partial charge in [-0.1, -0.05) is 38.5 Å². The zero-order valence-corrected chi connectivity index (χ0v) is 24.9. The minimum Gasteiger partial charge on any atom is -0.480 e. The van der Waals surface area contributed by atoms with Crippen molar-refractivity contribution in [1.29, 1.82) is 0 Å². The van der Waals surface area contributed by atoms with E-state index in [4.69, 9.17) is 17.2 Å². The number of nitrogens with one attached hydrogen (secondary N) is 5. The number of guanidine groups is 1. The van der Waals surface area contributed by atoms with E-state index in [1.165, 1.54) is 12.5 Å². The highest BCUT2D eigenvalue weighted by molar-refractivity contribution is 5.94. The number of imidazole rings is 1. The summed E-state index contributed by atoms with van der Waals surface area (Å²) in [4.78, 5) is 65.9. The molecule has 238 valence electrons. The topological polar surface area (TPSA) is 259 Å². The van der Waals surface area contributed by atoms with Gasteiger partial charge in [-0.2, -0.15) is 0 Å². The molecule has 0 radical (unpaired) electrons. The maximum absolute atomic E-state index is 13.6. The fourth-order valence-corrected chi connectivity index (χ4v) is 4.72. The number of para-hydroxylation sites is 1. The minimum absolute atomic E-state index is 0.000831. The molecule has 5 atom stereocenters. The van der Waals surface area contributed by atoms with Gasteiger partial charge in [0, 0.05) is 42.0 Å². The summed E-state index contributed by atoms with van der Waals surface area (Å²) in [6, 6.07) is 3.22. The standard InChI is InChI=1S/C29H42N10O5/c1-3-16(2)24(28(43)44)39-27(42)23(12-18-14-33-15-36-18)38-26(41)22(9-6-10-34-29(31)32)37-25(40)20(30)11-17-13-35-21-8-5-4-7-19(17)21/h4-5,7-8,13-16,20,22-24,35H,3,6,9-12,30H2,1-2H3,(H,33,36)(H,37,40)(H,38,41)(H,39,42)(H,43,44)(H4,31,32,34). The summed E-state index contributed by atoms with van der Waals surface area (Å²) in [5.41, 5.74) is 19.4. The van der Waals surface area contributed by atoms with Gasteiger partial charge < -0.3 is 48.2 Å². The van der Waals surface area contributed by atoms with Crippen molar-refractivity contribution < 1.29 is 24.3 Å². The molecule has 0 saturated carbocycles. The average molecular weight is 611 g/mol. The van der Waals surface area contributed by atoms with Crippen molar-refractivity contribution in [2.24, 2.45) is 28.1 Å². The lowest BCUT2D eigenvalue weighted by atomic mass is 9.98. The molecule has 12 N–H and O–H groups in total. The highest BCUT2D eigenvalue weighted by Gasteiger charge is 2.32. The number of carboxylic acid groups (broad SMARTS) is 1. The van der Waals surface area contributed by atoms with Gasteiger partial charge in [-0.05, 0) is 36.8 Å². The Labute approximate surface area is 254 Å². The average Bonchev–Trinajstić information content (AvgIpc) is 3.66. The highest BCUT2D eigenvalue weighted by atomic mass is 16.4. The van der Waals surface area contributed by atoms with E-state index in [1.807, 2.05) is 31.2 Å². The minimum atomic E-state index is -1.19. The first-order valence-electron chi connectivity index (χ1n) is 14.5. The molecule has 0 aliphatic carbocycles. The molecular formula is C29H42N10O5. The van der Waals surface area contributed by atoms with E-state index >= 15 is 0 Å². The summed E-state index contributed by atoms with van der Waals surface area (Å²) in [5, 5.41) is 18.6. The summed E-state index contributed by atoms with van der Waals surface area (Å²) < 4.78 is 0. The van der Waals surface area contributed by atoms with Crippen molar-refractivity contribution >= 4 is 40.6 Å². The van der Waals surface area contributed by atoms with Crippen LogP contribution in [0.3, 0.4) is 0 Å². The van der Waals surface area contributed by atoms with Crippen LogP contribution in [0.25, 0.3) is 10.9 Å². The smallest absolute Gasteiger partial charge is 0.326 e. The number of carbonyl (C=O) groups excluding carboxylic acids is 3. The molecule has 0 spiro atoms. The molecular weight excluding hydrogens is 568 g/mol. The predicted molar refractivity (Wildman–Crippen MR) is 165 cm³/mol. The van der Waals surface area contributed by atoms with Crippen LogP contribution in [0.4, 0.5) is 0 Å². The normalized spacial score (nSPS) is 14.5. The van der Waals surface area contributed by atoms with Crippen LogP contribution in [-0.2, 0) is 32.0 Å². The van der Waals surface area contributed by atoms with E-state index in [1.54, 1.807) is 13.1 Å². The Balaban J connectivity index is 1.77. The quantitative estimate of drug-likeness (QED) is 0.0548. The number of nitrogens with zero attached hydrogens (tertiary/aromatic N) is 2. The number of aromatic nitrogens is 3. The van der Waals surface area contributed by atoms with Crippen LogP contribution in [0, 0.1) is 5.92 Å². The number of carbonyl (C=O) groups is 4. The molecule has 0 aliphatic rings. The number of rotatable bonds is 17. The number of carboxylic acids is 1. The van der Waals surface area contributed by atoms with Crippen LogP contribution < -0.4 is 33.2 Å². The SMILES string of the molecule is CCC(C)C(NC(=O)C(Cc1cnc[nH]1)NC(=O)C(CCCN=C(N)N)NC(=O)C(N)Cc1c[nH]c2ccccc12)C(=O)O. The number of aromatic amines is 2. The lowest BCUT2D eigenvalue weighted by molar-refractivity contribution is -0.143. The third-order valence-corrected chi connectivity index (χ3v) is 7.42. The number of hydrogen-bond donors (Lipinski definition) is 9. The van der Waals surface area contributed by atoms with Crippen molar-refractivity contribution in [3.05, 3.63) is 54.2 Å². The second-order valence-corrected chi connectivity index (χ2v) is 10.7. The fraction of sp³-hybridized carbons (Fsp3) is 0.448. The van der Waals surface area contributed by atoms with Gasteiger partial charge in [0.05, 0.1) is 12.4 Å². The van der Waals surface area contributed by atoms with Crippen LogP contribution >= 0.6 is 0 Å². The first-order chi connectivity index (χ1) is 21.0. The van der Waals surface area contributed by atoms with Gasteiger partial charge in [0.2, 0.25) is 17.7 Å². The number of H-pyrrole nitrogens is 2. The van der Waals surface area contributed by atoms with Gasteiger partial charge in [0.1, 0.15) is 18.1 Å². The van der Waals surface area contributed by atoms with Crippen LogP contribution in [0.1, 0.15) is 44.4 Å². The van der Waals surface area contributed by atoms with Crippen LogP contribution in [0.5, 0.6) is 0 Å². The Morgan fingerprint density at radius 3 is 2.36 bits per heavy atom. The largest absolute Gasteiger partial charge is 0.480 e. The van der Waals surface area contributed by atoms with E-state index in [0.717, 1.165) is 16.5 Å². The molecule has 0 saturated heterocycles. The van der Waals surface area contributed by atoms with Gasteiger partial charge in [-0.3, -0.25) is 19.4 Å². The van der Waals surface area contributed by atoms with Crippen LogP contribution in [0.2, 0.25) is 0 Å².